The van der Waals surface area contributed by atoms with Crippen LogP contribution < -0.4 is 11.2 Å². The fourth-order valence-electron chi connectivity index (χ4n) is 2.66. The molecule has 1 aromatic carbocycles. The van der Waals surface area contributed by atoms with E-state index in [1.165, 1.54) is 16.3 Å². The van der Waals surface area contributed by atoms with Crippen molar-refractivity contribution in [3.63, 3.8) is 0 Å². The van der Waals surface area contributed by atoms with E-state index in [9.17, 15) is 14.7 Å². The van der Waals surface area contributed by atoms with E-state index in [4.69, 9.17) is 0 Å². The Labute approximate surface area is 148 Å². The SMILES string of the molecule is Cc1cccc(Cn2c(SC[C@@H](C)O)nc3c2c(=O)[nH]c(=O)n3C)c1. The van der Waals surface area contributed by atoms with E-state index in [0.717, 1.165) is 11.1 Å². The highest BCUT2D eigenvalue weighted by Crippen LogP contribution is 2.23. The predicted octanol–water partition coefficient (Wildman–Crippen LogP) is 1.25. The molecule has 0 fully saturated rings. The van der Waals surface area contributed by atoms with Crippen molar-refractivity contribution in [3.05, 3.63) is 56.2 Å². The second kappa shape index (κ2) is 6.89. The Morgan fingerprint density at radius 1 is 1.36 bits per heavy atom. The number of aromatic nitrogens is 4. The lowest BCUT2D eigenvalue weighted by Gasteiger charge is -2.10. The van der Waals surface area contributed by atoms with E-state index in [2.05, 4.69) is 9.97 Å². The third kappa shape index (κ3) is 3.54. The number of aliphatic hydroxyl groups excluding tert-OH is 1. The summed E-state index contributed by atoms with van der Waals surface area (Å²) in [5.74, 6) is 0.447. The Hall–Kier alpha value is -2.32. The molecule has 0 bridgehead atoms. The molecule has 132 valence electrons. The van der Waals surface area contributed by atoms with Gasteiger partial charge in [0.15, 0.2) is 16.3 Å². The fraction of sp³-hybridized carbons (Fsp3) is 0.353. The maximum atomic E-state index is 12.4. The number of aliphatic hydroxyl groups is 1. The fourth-order valence-corrected chi connectivity index (χ4v) is 3.51. The molecule has 3 aromatic rings. The third-order valence-electron chi connectivity index (χ3n) is 3.85. The summed E-state index contributed by atoms with van der Waals surface area (Å²) in [5.41, 5.74) is 1.91. The Bertz CT molecular complexity index is 1030. The number of H-pyrrole nitrogens is 1. The third-order valence-corrected chi connectivity index (χ3v) is 5.07. The van der Waals surface area contributed by atoms with E-state index >= 15 is 0 Å². The normalized spacial score (nSPS) is 12.6. The molecule has 7 nitrogen and oxygen atoms in total. The highest BCUT2D eigenvalue weighted by Gasteiger charge is 2.18. The van der Waals surface area contributed by atoms with Gasteiger partial charge in [-0.1, -0.05) is 41.6 Å². The number of aromatic amines is 1. The van der Waals surface area contributed by atoms with Gasteiger partial charge in [-0.25, -0.2) is 9.78 Å². The molecule has 2 heterocycles. The zero-order chi connectivity index (χ0) is 18.1. The molecule has 25 heavy (non-hydrogen) atoms. The van der Waals surface area contributed by atoms with Crippen molar-refractivity contribution >= 4 is 22.9 Å². The smallest absolute Gasteiger partial charge is 0.329 e. The molecule has 1 atom stereocenters. The van der Waals surface area contributed by atoms with Crippen molar-refractivity contribution in [1.82, 2.24) is 19.1 Å². The minimum absolute atomic E-state index is 0.342. The lowest BCUT2D eigenvalue weighted by molar-refractivity contribution is 0.220. The average molecular weight is 360 g/mol. The van der Waals surface area contributed by atoms with Gasteiger partial charge in [-0.3, -0.25) is 14.3 Å². The number of nitrogens with one attached hydrogen (secondary N) is 1. The zero-order valence-corrected chi connectivity index (χ0v) is 15.1. The van der Waals surface area contributed by atoms with Gasteiger partial charge >= 0.3 is 5.69 Å². The molecule has 0 saturated heterocycles. The van der Waals surface area contributed by atoms with Gasteiger partial charge in [-0.15, -0.1) is 0 Å². The van der Waals surface area contributed by atoms with Crippen LogP contribution in [0.4, 0.5) is 0 Å². The predicted molar refractivity (Wildman–Crippen MR) is 98.3 cm³/mol. The molecule has 0 unspecified atom stereocenters. The average Bonchev–Trinajstić information content (AvgIpc) is 2.90. The maximum absolute atomic E-state index is 12.4. The van der Waals surface area contributed by atoms with Crippen molar-refractivity contribution in [2.75, 3.05) is 5.75 Å². The number of nitrogens with zero attached hydrogens (tertiary/aromatic N) is 3. The first-order chi connectivity index (χ1) is 11.9. The van der Waals surface area contributed by atoms with Crippen LogP contribution in [0.25, 0.3) is 11.2 Å². The number of fused-ring (bicyclic) bond motifs is 1. The number of imidazole rings is 1. The molecule has 2 aromatic heterocycles. The van der Waals surface area contributed by atoms with Crippen LogP contribution in [0, 0.1) is 6.92 Å². The molecule has 0 spiro atoms. The number of thioether (sulfide) groups is 1. The lowest BCUT2D eigenvalue weighted by Crippen LogP contribution is -2.29. The Morgan fingerprint density at radius 2 is 2.12 bits per heavy atom. The largest absolute Gasteiger partial charge is 0.393 e. The van der Waals surface area contributed by atoms with Crippen LogP contribution in [-0.2, 0) is 13.6 Å². The molecule has 0 aliphatic carbocycles. The van der Waals surface area contributed by atoms with Gasteiger partial charge in [0.2, 0.25) is 0 Å². The summed E-state index contributed by atoms with van der Waals surface area (Å²) in [6, 6.07) is 8.00. The van der Waals surface area contributed by atoms with E-state index in [1.807, 2.05) is 31.2 Å². The summed E-state index contributed by atoms with van der Waals surface area (Å²) >= 11 is 1.36. The topological polar surface area (TPSA) is 92.9 Å². The summed E-state index contributed by atoms with van der Waals surface area (Å²) in [6.07, 6.45) is -0.501. The molecular formula is C17H20N4O3S. The maximum Gasteiger partial charge on any atom is 0.329 e. The first kappa shape index (κ1) is 17.5. The molecule has 0 saturated carbocycles. The van der Waals surface area contributed by atoms with Gasteiger partial charge < -0.3 is 9.67 Å². The van der Waals surface area contributed by atoms with E-state index in [-0.39, 0.29) is 0 Å². The number of hydrogen-bond donors (Lipinski definition) is 2. The molecule has 2 N–H and O–H groups in total. The molecule has 0 amide bonds. The van der Waals surface area contributed by atoms with Crippen molar-refractivity contribution in [2.45, 2.75) is 31.7 Å². The minimum Gasteiger partial charge on any atom is -0.393 e. The summed E-state index contributed by atoms with van der Waals surface area (Å²) < 4.78 is 3.13. The minimum atomic E-state index is -0.501. The molecule has 3 rings (SSSR count). The highest BCUT2D eigenvalue weighted by atomic mass is 32.2. The number of rotatable bonds is 5. The monoisotopic (exact) mass is 360 g/mol. The van der Waals surface area contributed by atoms with E-state index < -0.39 is 17.4 Å². The van der Waals surface area contributed by atoms with Crippen LogP contribution >= 0.6 is 11.8 Å². The van der Waals surface area contributed by atoms with Crippen LogP contribution in [0.15, 0.2) is 39.0 Å². The number of benzene rings is 1. The van der Waals surface area contributed by atoms with Crippen LogP contribution in [0.3, 0.4) is 0 Å². The number of hydrogen-bond acceptors (Lipinski definition) is 5. The van der Waals surface area contributed by atoms with Crippen LogP contribution in [-0.4, -0.2) is 36.1 Å². The molecule has 0 radical (unpaired) electrons. The van der Waals surface area contributed by atoms with Crippen LogP contribution in [0.5, 0.6) is 0 Å². The van der Waals surface area contributed by atoms with Crippen LogP contribution in [0.2, 0.25) is 0 Å². The first-order valence-electron chi connectivity index (χ1n) is 7.92. The summed E-state index contributed by atoms with van der Waals surface area (Å²) in [5, 5.41) is 10.2. The molecule has 0 aliphatic heterocycles. The Kier molecular flexibility index (Phi) is 4.82. The second-order valence-electron chi connectivity index (χ2n) is 6.12. The zero-order valence-electron chi connectivity index (χ0n) is 14.3. The van der Waals surface area contributed by atoms with E-state index in [1.54, 1.807) is 18.5 Å². The van der Waals surface area contributed by atoms with Crippen molar-refractivity contribution in [3.8, 4) is 0 Å². The standard InChI is InChI=1S/C17H20N4O3S/c1-10-5-4-6-12(7-10)8-21-13-14(18-17(21)25-9-11(2)22)20(3)16(24)19-15(13)23/h4-7,11,22H,8-9H2,1-3H3,(H,19,23,24)/t11-/m1/s1. The summed E-state index contributed by atoms with van der Waals surface area (Å²) in [7, 11) is 1.58. The van der Waals surface area contributed by atoms with Crippen LogP contribution in [0.1, 0.15) is 18.1 Å². The molecular weight excluding hydrogens is 340 g/mol. The van der Waals surface area contributed by atoms with Crippen molar-refractivity contribution in [1.29, 1.82) is 0 Å². The Balaban J connectivity index is 2.18. The van der Waals surface area contributed by atoms with Gasteiger partial charge in [0.1, 0.15) is 0 Å². The van der Waals surface area contributed by atoms with Crippen molar-refractivity contribution in [2.24, 2.45) is 7.05 Å². The molecule has 8 heteroatoms. The van der Waals surface area contributed by atoms with Gasteiger partial charge in [0.25, 0.3) is 5.56 Å². The summed E-state index contributed by atoms with van der Waals surface area (Å²) in [4.78, 5) is 31.1. The Morgan fingerprint density at radius 3 is 2.80 bits per heavy atom. The first-order valence-corrected chi connectivity index (χ1v) is 8.91. The van der Waals surface area contributed by atoms with Gasteiger partial charge in [0, 0.05) is 12.8 Å². The van der Waals surface area contributed by atoms with Crippen molar-refractivity contribution < 1.29 is 5.11 Å². The highest BCUT2D eigenvalue weighted by molar-refractivity contribution is 7.99. The van der Waals surface area contributed by atoms with Gasteiger partial charge in [-0.05, 0) is 19.4 Å². The van der Waals surface area contributed by atoms with Gasteiger partial charge in [-0.2, -0.15) is 0 Å². The number of aryl methyl sites for hydroxylation is 2. The lowest BCUT2D eigenvalue weighted by atomic mass is 10.1. The van der Waals surface area contributed by atoms with E-state index in [0.29, 0.717) is 28.6 Å². The molecule has 0 aliphatic rings. The summed E-state index contributed by atoms with van der Waals surface area (Å²) in [6.45, 7) is 4.17. The second-order valence-corrected chi connectivity index (χ2v) is 7.11. The van der Waals surface area contributed by atoms with Gasteiger partial charge in [0.05, 0.1) is 12.6 Å². The quantitative estimate of drug-likeness (QED) is 0.668.